The molecule has 1 N–H and O–H groups in total. The van der Waals surface area contributed by atoms with Crippen LogP contribution in [-0.2, 0) is 12.0 Å². The molecule has 0 aromatic heterocycles. The van der Waals surface area contributed by atoms with E-state index >= 15 is 0 Å². The van der Waals surface area contributed by atoms with Crippen LogP contribution in [0, 0.1) is 10.1 Å². The van der Waals surface area contributed by atoms with Gasteiger partial charge in [0.15, 0.2) is 0 Å². The highest BCUT2D eigenvalue weighted by atomic mass is 16.6. The molecule has 0 spiro atoms. The fourth-order valence-electron chi connectivity index (χ4n) is 2.07. The molecule has 0 atom stereocenters. The molecular formula is C17H20N2O2. The Bertz CT molecular complexity index is 628. The topological polar surface area (TPSA) is 55.2 Å². The predicted octanol–water partition coefficient (Wildman–Crippen LogP) is 4.50. The maximum absolute atomic E-state index is 10.7. The van der Waals surface area contributed by atoms with Gasteiger partial charge in [0.1, 0.15) is 0 Å². The number of nitro benzene ring substituents is 1. The Morgan fingerprint density at radius 3 is 2.33 bits per heavy atom. The summed E-state index contributed by atoms with van der Waals surface area (Å²) in [6, 6.07) is 15.0. The lowest BCUT2D eigenvalue weighted by Crippen LogP contribution is -2.10. The van der Waals surface area contributed by atoms with Crippen LogP contribution in [0.4, 0.5) is 11.4 Å². The molecule has 0 aliphatic heterocycles. The van der Waals surface area contributed by atoms with Crippen LogP contribution >= 0.6 is 0 Å². The van der Waals surface area contributed by atoms with Crippen LogP contribution in [0.15, 0.2) is 48.5 Å². The van der Waals surface area contributed by atoms with Crippen LogP contribution in [0.5, 0.6) is 0 Å². The zero-order valence-electron chi connectivity index (χ0n) is 12.6. The third-order valence-corrected chi connectivity index (χ3v) is 3.37. The summed E-state index contributed by atoms with van der Waals surface area (Å²) in [5.41, 5.74) is 3.44. The molecule has 0 radical (unpaired) electrons. The van der Waals surface area contributed by atoms with Crippen molar-refractivity contribution in [1.29, 1.82) is 0 Å². The molecule has 2 rings (SSSR count). The van der Waals surface area contributed by atoms with Gasteiger partial charge in [-0.1, -0.05) is 45.0 Å². The predicted molar refractivity (Wildman–Crippen MR) is 85.6 cm³/mol. The van der Waals surface area contributed by atoms with Crippen LogP contribution in [0.3, 0.4) is 0 Å². The molecular weight excluding hydrogens is 264 g/mol. The van der Waals surface area contributed by atoms with Gasteiger partial charge in [0.05, 0.1) is 4.92 Å². The van der Waals surface area contributed by atoms with Gasteiger partial charge in [-0.25, -0.2) is 0 Å². The molecule has 21 heavy (non-hydrogen) atoms. The second kappa shape index (κ2) is 5.95. The highest BCUT2D eigenvalue weighted by Crippen LogP contribution is 2.23. The summed E-state index contributed by atoms with van der Waals surface area (Å²) in [6.07, 6.45) is 0. The number of hydrogen-bond acceptors (Lipinski definition) is 3. The average molecular weight is 284 g/mol. The molecule has 0 unspecified atom stereocenters. The summed E-state index contributed by atoms with van der Waals surface area (Å²) in [5.74, 6) is 0. The molecule has 0 fully saturated rings. The number of nitrogens with one attached hydrogen (secondary N) is 1. The van der Waals surface area contributed by atoms with Crippen LogP contribution in [0.25, 0.3) is 0 Å². The summed E-state index contributed by atoms with van der Waals surface area (Å²) in [5, 5.41) is 14.0. The molecule has 2 aromatic carbocycles. The molecule has 0 saturated heterocycles. The first-order valence-corrected chi connectivity index (χ1v) is 6.94. The van der Waals surface area contributed by atoms with Crippen LogP contribution in [-0.4, -0.2) is 4.92 Å². The van der Waals surface area contributed by atoms with Gasteiger partial charge in [-0.05, 0) is 28.7 Å². The monoisotopic (exact) mass is 284 g/mol. The van der Waals surface area contributed by atoms with Crippen LogP contribution < -0.4 is 5.32 Å². The van der Waals surface area contributed by atoms with Gasteiger partial charge in [-0.3, -0.25) is 10.1 Å². The number of anilines is 1. The summed E-state index contributed by atoms with van der Waals surface area (Å²) < 4.78 is 0. The first-order valence-electron chi connectivity index (χ1n) is 6.94. The Balaban J connectivity index is 2.03. The third kappa shape index (κ3) is 4.05. The summed E-state index contributed by atoms with van der Waals surface area (Å²) >= 11 is 0. The number of nitrogens with zero attached hydrogens (tertiary/aromatic N) is 1. The maximum atomic E-state index is 10.7. The summed E-state index contributed by atoms with van der Waals surface area (Å²) in [7, 11) is 0. The van der Waals surface area contributed by atoms with E-state index in [-0.39, 0.29) is 16.0 Å². The van der Waals surface area contributed by atoms with Crippen molar-refractivity contribution in [2.45, 2.75) is 32.7 Å². The lowest BCUT2D eigenvalue weighted by atomic mass is 9.87. The van der Waals surface area contributed by atoms with Gasteiger partial charge in [-0.15, -0.1) is 0 Å². The van der Waals surface area contributed by atoms with Gasteiger partial charge in [0, 0.05) is 24.4 Å². The van der Waals surface area contributed by atoms with E-state index in [0.29, 0.717) is 6.54 Å². The Kier molecular flexibility index (Phi) is 4.26. The van der Waals surface area contributed by atoms with Crippen molar-refractivity contribution < 1.29 is 4.92 Å². The molecule has 0 saturated carbocycles. The molecule has 4 heteroatoms. The molecule has 4 nitrogen and oxygen atoms in total. The van der Waals surface area contributed by atoms with Gasteiger partial charge >= 0.3 is 0 Å². The smallest absolute Gasteiger partial charge is 0.269 e. The highest BCUT2D eigenvalue weighted by Gasteiger charge is 2.12. The molecule has 0 aliphatic rings. The van der Waals surface area contributed by atoms with Gasteiger partial charge in [0.25, 0.3) is 5.69 Å². The second-order valence-corrected chi connectivity index (χ2v) is 6.11. The van der Waals surface area contributed by atoms with Gasteiger partial charge in [0.2, 0.25) is 0 Å². The van der Waals surface area contributed by atoms with Crippen molar-refractivity contribution in [2.24, 2.45) is 0 Å². The summed E-state index contributed by atoms with van der Waals surface area (Å²) in [6.45, 7) is 7.10. The van der Waals surface area contributed by atoms with E-state index in [4.69, 9.17) is 0 Å². The first-order chi connectivity index (χ1) is 9.86. The summed E-state index contributed by atoms with van der Waals surface area (Å²) in [4.78, 5) is 10.4. The first kappa shape index (κ1) is 15.0. The Morgan fingerprint density at radius 1 is 1.10 bits per heavy atom. The minimum Gasteiger partial charge on any atom is -0.381 e. The van der Waals surface area contributed by atoms with E-state index < -0.39 is 0 Å². The van der Waals surface area contributed by atoms with Crippen molar-refractivity contribution in [2.75, 3.05) is 5.32 Å². The molecule has 2 aromatic rings. The molecule has 0 heterocycles. The SMILES string of the molecule is CC(C)(C)c1ccc(NCc2cccc([N+](=O)[O-])c2)cc1. The normalized spacial score (nSPS) is 11.2. The van der Waals surface area contributed by atoms with Crippen molar-refractivity contribution in [1.82, 2.24) is 0 Å². The van der Waals surface area contributed by atoms with Crippen molar-refractivity contribution in [3.63, 3.8) is 0 Å². The van der Waals surface area contributed by atoms with E-state index in [1.807, 2.05) is 18.2 Å². The van der Waals surface area contributed by atoms with Crippen molar-refractivity contribution in [3.8, 4) is 0 Å². The van der Waals surface area contributed by atoms with Gasteiger partial charge in [-0.2, -0.15) is 0 Å². The highest BCUT2D eigenvalue weighted by molar-refractivity contribution is 5.47. The number of hydrogen-bond donors (Lipinski definition) is 1. The lowest BCUT2D eigenvalue weighted by molar-refractivity contribution is -0.384. The zero-order valence-corrected chi connectivity index (χ0v) is 12.6. The minimum absolute atomic E-state index is 0.123. The lowest BCUT2D eigenvalue weighted by Gasteiger charge is -2.19. The average Bonchev–Trinajstić information content (AvgIpc) is 2.45. The van der Waals surface area contributed by atoms with Crippen molar-refractivity contribution >= 4 is 11.4 Å². The van der Waals surface area contributed by atoms with Gasteiger partial charge < -0.3 is 5.32 Å². The molecule has 0 bridgehead atoms. The Labute approximate surface area is 125 Å². The quantitative estimate of drug-likeness (QED) is 0.664. The Hall–Kier alpha value is -2.36. The zero-order chi connectivity index (χ0) is 15.5. The van der Waals surface area contributed by atoms with E-state index in [2.05, 4.69) is 38.2 Å². The van der Waals surface area contributed by atoms with E-state index in [0.717, 1.165) is 11.3 Å². The number of nitro groups is 1. The minimum atomic E-state index is -0.373. The van der Waals surface area contributed by atoms with E-state index in [1.54, 1.807) is 12.1 Å². The molecule has 0 aliphatic carbocycles. The van der Waals surface area contributed by atoms with Crippen LogP contribution in [0.2, 0.25) is 0 Å². The molecule has 0 amide bonds. The molecule has 110 valence electrons. The largest absolute Gasteiger partial charge is 0.381 e. The number of non-ortho nitro benzene ring substituents is 1. The standard InChI is InChI=1S/C17H20N2O2/c1-17(2,3)14-7-9-15(10-8-14)18-12-13-5-4-6-16(11-13)19(20)21/h4-11,18H,12H2,1-3H3. The maximum Gasteiger partial charge on any atom is 0.269 e. The fraction of sp³-hybridized carbons (Fsp3) is 0.294. The van der Waals surface area contributed by atoms with E-state index in [9.17, 15) is 10.1 Å². The fourth-order valence-corrected chi connectivity index (χ4v) is 2.07. The Morgan fingerprint density at radius 2 is 1.76 bits per heavy atom. The number of benzene rings is 2. The van der Waals surface area contributed by atoms with Crippen LogP contribution in [0.1, 0.15) is 31.9 Å². The third-order valence-electron chi connectivity index (χ3n) is 3.37. The second-order valence-electron chi connectivity index (χ2n) is 6.11. The van der Waals surface area contributed by atoms with Crippen molar-refractivity contribution in [3.05, 3.63) is 69.8 Å². The number of rotatable bonds is 4. The van der Waals surface area contributed by atoms with E-state index in [1.165, 1.54) is 11.6 Å².